The molecule has 2 N–H and O–H groups in total. The molecule has 0 radical (unpaired) electrons. The summed E-state index contributed by atoms with van der Waals surface area (Å²) in [5.74, 6) is -1.86. The molecule has 1 saturated carbocycles. The summed E-state index contributed by atoms with van der Waals surface area (Å²) < 4.78 is 73.5. The zero-order valence-corrected chi connectivity index (χ0v) is 28.4. The Kier molecular flexibility index (Phi) is 11.1. The largest absolute Gasteiger partial charge is 0.444 e. The number of nitrogens with one attached hydrogen (secondary N) is 2. The topological polar surface area (TPSA) is 129 Å². The third kappa shape index (κ3) is 10.2. The maximum atomic E-state index is 13.6. The van der Waals surface area contributed by atoms with Gasteiger partial charge in [0.05, 0.1) is 28.6 Å². The predicted molar refractivity (Wildman–Crippen MR) is 172 cm³/mol. The molecule has 2 amide bonds. The zero-order chi connectivity index (χ0) is 34.7. The van der Waals surface area contributed by atoms with Gasteiger partial charge in [-0.25, -0.2) is 9.48 Å². The minimum atomic E-state index is -4.65. The number of hydrogen-bond acceptors (Lipinski definition) is 7. The number of alkyl carbamates (subject to hydrolysis) is 1. The molecule has 0 unspecified atom stereocenters. The lowest BCUT2D eigenvalue weighted by Gasteiger charge is -2.31. The van der Waals surface area contributed by atoms with Gasteiger partial charge in [0, 0.05) is 28.2 Å². The standard InChI is InChI=1S/C31H35Cl2F3N4O6S/c1-18-26(28(41)37-21-6-5-7-22(17-21)38-29(42)45-30(2,3)4)39-40(25-13-10-20(32)16-24(25)33)27(18)19-8-11-23(12-9-19)46-47(43,44)15-14-31(34,35)36/h8-13,16,21-22H,5-7,14-15,17H2,1-4H3,(H,37,41)(H,38,42)/t21-,22+/m0/s1. The first-order valence-corrected chi connectivity index (χ1v) is 17.1. The molecule has 1 aliphatic carbocycles. The SMILES string of the molecule is Cc1c(C(=O)N[C@H]2CCC[C@@H](NC(=O)OC(C)(C)C)C2)nn(-c2ccc(Cl)cc2Cl)c1-c1ccc(OS(=O)(=O)CCC(F)(F)F)cc1. The van der Waals surface area contributed by atoms with Crippen molar-refractivity contribution in [3.8, 4) is 22.7 Å². The number of hydrogen-bond donors (Lipinski definition) is 2. The van der Waals surface area contributed by atoms with E-state index in [2.05, 4.69) is 15.7 Å². The van der Waals surface area contributed by atoms with Crippen molar-refractivity contribution in [1.29, 1.82) is 0 Å². The van der Waals surface area contributed by atoms with Gasteiger partial charge < -0.3 is 19.6 Å². The normalized spacial score (nSPS) is 17.2. The molecule has 16 heteroatoms. The van der Waals surface area contributed by atoms with Gasteiger partial charge in [0.2, 0.25) is 0 Å². The van der Waals surface area contributed by atoms with Crippen LogP contribution in [0, 0.1) is 6.92 Å². The second kappa shape index (κ2) is 14.3. The average molecular weight is 720 g/mol. The monoisotopic (exact) mass is 718 g/mol. The number of ether oxygens (including phenoxy) is 1. The van der Waals surface area contributed by atoms with E-state index in [-0.39, 0.29) is 28.5 Å². The number of carbonyl (C=O) groups excluding carboxylic acids is 2. The minimum absolute atomic E-state index is 0.100. The van der Waals surface area contributed by atoms with E-state index < -0.39 is 46.1 Å². The van der Waals surface area contributed by atoms with E-state index in [0.29, 0.717) is 40.4 Å². The first-order valence-electron chi connectivity index (χ1n) is 14.7. The number of halogens is 5. The van der Waals surface area contributed by atoms with Crippen LogP contribution in [0.3, 0.4) is 0 Å². The number of nitrogens with zero attached hydrogens (tertiary/aromatic N) is 2. The van der Waals surface area contributed by atoms with Gasteiger partial charge in [-0.2, -0.15) is 26.7 Å². The van der Waals surface area contributed by atoms with Crippen molar-refractivity contribution in [2.24, 2.45) is 0 Å². The minimum Gasteiger partial charge on any atom is -0.444 e. The van der Waals surface area contributed by atoms with Crippen LogP contribution < -0.4 is 14.8 Å². The predicted octanol–water partition coefficient (Wildman–Crippen LogP) is 7.38. The third-order valence-corrected chi connectivity index (χ3v) is 8.88. The molecule has 0 saturated heterocycles. The van der Waals surface area contributed by atoms with Crippen LogP contribution in [0.1, 0.15) is 68.9 Å². The Morgan fingerprint density at radius 1 is 1.02 bits per heavy atom. The molecule has 10 nitrogen and oxygen atoms in total. The second-order valence-electron chi connectivity index (χ2n) is 12.2. The van der Waals surface area contributed by atoms with Gasteiger partial charge in [-0.05, 0) is 95.8 Å². The lowest BCUT2D eigenvalue weighted by atomic mass is 9.91. The van der Waals surface area contributed by atoms with Gasteiger partial charge in [-0.1, -0.05) is 23.2 Å². The number of aromatic nitrogens is 2. The molecule has 47 heavy (non-hydrogen) atoms. The summed E-state index contributed by atoms with van der Waals surface area (Å²) in [6, 6.07) is 9.88. The van der Waals surface area contributed by atoms with Crippen molar-refractivity contribution >= 4 is 45.3 Å². The lowest BCUT2D eigenvalue weighted by Crippen LogP contribution is -2.47. The Balaban J connectivity index is 1.60. The van der Waals surface area contributed by atoms with E-state index in [1.807, 2.05) is 0 Å². The molecule has 2 aromatic carbocycles. The zero-order valence-electron chi connectivity index (χ0n) is 26.1. The average Bonchev–Trinajstić information content (AvgIpc) is 3.28. The molecule has 0 spiro atoms. The first-order chi connectivity index (χ1) is 21.8. The van der Waals surface area contributed by atoms with Crippen molar-refractivity contribution in [2.75, 3.05) is 5.75 Å². The summed E-state index contributed by atoms with van der Waals surface area (Å²) in [5, 5.41) is 11.1. The smallest absolute Gasteiger partial charge is 0.407 e. The molecule has 0 aliphatic heterocycles. The van der Waals surface area contributed by atoms with E-state index >= 15 is 0 Å². The summed E-state index contributed by atoms with van der Waals surface area (Å²) in [6.45, 7) is 7.02. The second-order valence-corrected chi connectivity index (χ2v) is 14.8. The van der Waals surface area contributed by atoms with Gasteiger partial charge in [0.1, 0.15) is 11.4 Å². The van der Waals surface area contributed by atoms with Crippen LogP contribution in [0.25, 0.3) is 16.9 Å². The van der Waals surface area contributed by atoms with E-state index in [0.717, 1.165) is 12.8 Å². The molecule has 4 rings (SSSR count). The number of benzene rings is 2. The number of alkyl halides is 3. The summed E-state index contributed by atoms with van der Waals surface area (Å²) >= 11 is 12.6. The Hall–Kier alpha value is -3.49. The van der Waals surface area contributed by atoms with E-state index in [9.17, 15) is 31.2 Å². The van der Waals surface area contributed by atoms with Crippen LogP contribution >= 0.6 is 23.2 Å². The molecule has 1 fully saturated rings. The van der Waals surface area contributed by atoms with Gasteiger partial charge in [-0.15, -0.1) is 0 Å². The van der Waals surface area contributed by atoms with Crippen LogP contribution in [-0.4, -0.2) is 59.8 Å². The van der Waals surface area contributed by atoms with Crippen molar-refractivity contribution in [3.05, 3.63) is 63.8 Å². The summed E-state index contributed by atoms with van der Waals surface area (Å²) in [5.41, 5.74) is 1.26. The first kappa shape index (κ1) is 36.3. The fraction of sp³-hybridized carbons (Fsp3) is 0.452. The van der Waals surface area contributed by atoms with Crippen LogP contribution in [0.15, 0.2) is 42.5 Å². The third-order valence-electron chi connectivity index (χ3n) is 7.19. The van der Waals surface area contributed by atoms with Crippen LogP contribution in [0.5, 0.6) is 5.75 Å². The molecule has 1 aromatic heterocycles. The van der Waals surface area contributed by atoms with Gasteiger partial charge >= 0.3 is 22.4 Å². The summed E-state index contributed by atoms with van der Waals surface area (Å²) in [4.78, 5) is 25.9. The number of rotatable bonds is 9. The van der Waals surface area contributed by atoms with Gasteiger partial charge in [0.15, 0.2) is 5.69 Å². The molecular weight excluding hydrogens is 684 g/mol. The Morgan fingerprint density at radius 2 is 1.66 bits per heavy atom. The highest BCUT2D eigenvalue weighted by Crippen LogP contribution is 2.34. The highest BCUT2D eigenvalue weighted by atomic mass is 35.5. The van der Waals surface area contributed by atoms with Crippen LogP contribution in [0.4, 0.5) is 18.0 Å². The number of carbonyl (C=O) groups is 2. The highest BCUT2D eigenvalue weighted by molar-refractivity contribution is 7.87. The van der Waals surface area contributed by atoms with Crippen molar-refractivity contribution in [1.82, 2.24) is 20.4 Å². The molecular formula is C31H35Cl2F3N4O6S. The fourth-order valence-electron chi connectivity index (χ4n) is 5.16. The Morgan fingerprint density at radius 3 is 2.26 bits per heavy atom. The maximum absolute atomic E-state index is 13.6. The highest BCUT2D eigenvalue weighted by Gasteiger charge is 2.31. The Bertz CT molecular complexity index is 1720. The number of amides is 2. The molecule has 256 valence electrons. The Labute approximate surface area is 281 Å². The molecule has 1 heterocycles. The van der Waals surface area contributed by atoms with Gasteiger partial charge in [0.25, 0.3) is 5.91 Å². The van der Waals surface area contributed by atoms with Crippen molar-refractivity contribution in [2.45, 2.75) is 83.7 Å². The van der Waals surface area contributed by atoms with E-state index in [1.165, 1.54) is 35.0 Å². The van der Waals surface area contributed by atoms with Gasteiger partial charge in [-0.3, -0.25) is 4.79 Å². The quantitative estimate of drug-likeness (QED) is 0.221. The summed E-state index contributed by atoms with van der Waals surface area (Å²) in [7, 11) is -4.51. The molecule has 2 atom stereocenters. The van der Waals surface area contributed by atoms with E-state index in [4.69, 9.17) is 32.1 Å². The molecule has 3 aromatic rings. The maximum Gasteiger partial charge on any atom is 0.407 e. The van der Waals surface area contributed by atoms with Crippen molar-refractivity contribution in [3.63, 3.8) is 0 Å². The van der Waals surface area contributed by atoms with E-state index in [1.54, 1.807) is 39.8 Å². The molecule has 1 aliphatic rings. The lowest BCUT2D eigenvalue weighted by molar-refractivity contribution is -0.130. The van der Waals surface area contributed by atoms with Crippen molar-refractivity contribution < 1.29 is 40.1 Å². The fourth-order valence-corrected chi connectivity index (χ4v) is 6.61. The van der Waals surface area contributed by atoms with Crippen LogP contribution in [0.2, 0.25) is 10.0 Å². The molecule has 0 bridgehead atoms. The van der Waals surface area contributed by atoms with Crippen LogP contribution in [-0.2, 0) is 14.9 Å². The summed E-state index contributed by atoms with van der Waals surface area (Å²) in [6.07, 6.45) is -4.02.